The Labute approximate surface area is 103 Å². The molecule has 0 aliphatic carbocycles. The smallest absolute Gasteiger partial charge is 0.0594 e. The number of hydrogen-bond donors (Lipinski definition) is 1. The van der Waals surface area contributed by atoms with E-state index in [-0.39, 0.29) is 12.1 Å². The summed E-state index contributed by atoms with van der Waals surface area (Å²) in [5.74, 6) is 0. The molecule has 0 saturated heterocycles. The lowest BCUT2D eigenvalue weighted by molar-refractivity contribution is 0.0796. The third kappa shape index (κ3) is 4.52. The number of benzene rings is 1. The molecule has 0 spiro atoms. The highest BCUT2D eigenvalue weighted by Crippen LogP contribution is 2.21. The fourth-order valence-corrected chi connectivity index (χ4v) is 1.81. The van der Waals surface area contributed by atoms with Crippen LogP contribution in [0.25, 0.3) is 0 Å². The van der Waals surface area contributed by atoms with Crippen LogP contribution >= 0.6 is 11.6 Å². The van der Waals surface area contributed by atoms with Crippen LogP contribution in [0.15, 0.2) is 24.3 Å². The Hall–Kier alpha value is -0.570. The molecule has 1 N–H and O–H groups in total. The Morgan fingerprint density at radius 2 is 1.94 bits per heavy atom. The summed E-state index contributed by atoms with van der Waals surface area (Å²) in [5, 5.41) is 4.20. The molecular weight excluding hydrogens is 222 g/mol. The molecule has 0 fully saturated rings. The number of nitrogens with one attached hydrogen (secondary N) is 1. The Kier molecular flexibility index (Phi) is 5.81. The fourth-order valence-electron chi connectivity index (χ4n) is 1.51. The van der Waals surface area contributed by atoms with Gasteiger partial charge in [0.2, 0.25) is 0 Å². The molecule has 0 heterocycles. The van der Waals surface area contributed by atoms with Crippen molar-refractivity contribution in [2.45, 2.75) is 32.9 Å². The van der Waals surface area contributed by atoms with Gasteiger partial charge in [0.05, 0.1) is 12.7 Å². The quantitative estimate of drug-likeness (QED) is 0.771. The van der Waals surface area contributed by atoms with E-state index in [0.717, 1.165) is 23.7 Å². The zero-order chi connectivity index (χ0) is 12.0. The third-order valence-electron chi connectivity index (χ3n) is 2.38. The maximum absolute atomic E-state index is 6.11. The summed E-state index contributed by atoms with van der Waals surface area (Å²) in [5.41, 5.74) is 1.13. The number of halogens is 1. The van der Waals surface area contributed by atoms with Crippen molar-refractivity contribution in [2.75, 3.05) is 13.2 Å². The Bertz CT molecular complexity index is 315. The lowest BCUT2D eigenvalue weighted by Gasteiger charge is -2.16. The van der Waals surface area contributed by atoms with Crippen LogP contribution in [-0.4, -0.2) is 19.3 Å². The van der Waals surface area contributed by atoms with E-state index < -0.39 is 0 Å². The van der Waals surface area contributed by atoms with Crippen LogP contribution in [0.5, 0.6) is 0 Å². The fraction of sp³-hybridized carbons (Fsp3) is 0.538. The van der Waals surface area contributed by atoms with Crippen molar-refractivity contribution in [3.8, 4) is 0 Å². The second-order valence-electron chi connectivity index (χ2n) is 4.12. The number of hydrogen-bond acceptors (Lipinski definition) is 2. The van der Waals surface area contributed by atoms with Gasteiger partial charge in [-0.1, -0.05) is 29.8 Å². The highest BCUT2D eigenvalue weighted by Gasteiger charge is 2.07. The molecule has 0 aliphatic rings. The predicted molar refractivity (Wildman–Crippen MR) is 69.0 cm³/mol. The van der Waals surface area contributed by atoms with Crippen molar-refractivity contribution in [3.05, 3.63) is 34.9 Å². The molecule has 0 aliphatic heterocycles. The molecule has 0 amide bonds. The van der Waals surface area contributed by atoms with E-state index in [1.54, 1.807) is 0 Å². The first-order valence-electron chi connectivity index (χ1n) is 5.70. The molecular formula is C13H20ClNO. The summed E-state index contributed by atoms with van der Waals surface area (Å²) in [6.07, 6.45) is 0.289. The minimum atomic E-state index is 0.254. The van der Waals surface area contributed by atoms with Gasteiger partial charge in [-0.15, -0.1) is 0 Å². The molecule has 2 nitrogen and oxygen atoms in total. The van der Waals surface area contributed by atoms with Crippen molar-refractivity contribution < 1.29 is 4.74 Å². The van der Waals surface area contributed by atoms with Gasteiger partial charge >= 0.3 is 0 Å². The van der Waals surface area contributed by atoms with Gasteiger partial charge in [-0.05, 0) is 32.4 Å². The van der Waals surface area contributed by atoms with Crippen molar-refractivity contribution in [3.63, 3.8) is 0 Å². The van der Waals surface area contributed by atoms with E-state index in [1.165, 1.54) is 0 Å². The maximum atomic E-state index is 6.11. The monoisotopic (exact) mass is 241 g/mol. The molecule has 0 radical (unpaired) electrons. The largest absolute Gasteiger partial charge is 0.377 e. The van der Waals surface area contributed by atoms with Crippen LogP contribution in [0.3, 0.4) is 0 Å². The standard InChI is InChI=1S/C13H20ClNO/c1-10(2)16-9-8-15-11(3)12-6-4-5-7-13(12)14/h4-7,10-11,15H,8-9H2,1-3H3/t11-/m0/s1. The summed E-state index contributed by atoms with van der Waals surface area (Å²) in [7, 11) is 0. The zero-order valence-electron chi connectivity index (χ0n) is 10.2. The summed E-state index contributed by atoms with van der Waals surface area (Å²) in [6, 6.07) is 8.16. The van der Waals surface area contributed by atoms with Crippen LogP contribution < -0.4 is 5.32 Å². The summed E-state index contributed by atoms with van der Waals surface area (Å²) < 4.78 is 5.46. The van der Waals surface area contributed by atoms with Gasteiger partial charge in [0.15, 0.2) is 0 Å². The maximum Gasteiger partial charge on any atom is 0.0594 e. The molecule has 0 saturated carbocycles. The van der Waals surface area contributed by atoms with Crippen LogP contribution in [-0.2, 0) is 4.74 Å². The van der Waals surface area contributed by atoms with E-state index in [0.29, 0.717) is 0 Å². The highest BCUT2D eigenvalue weighted by molar-refractivity contribution is 6.31. The molecule has 0 unspecified atom stereocenters. The van der Waals surface area contributed by atoms with Crippen LogP contribution in [0.4, 0.5) is 0 Å². The van der Waals surface area contributed by atoms with Gasteiger partial charge in [0.25, 0.3) is 0 Å². The summed E-state index contributed by atoms with van der Waals surface area (Å²) in [4.78, 5) is 0. The summed E-state index contributed by atoms with van der Waals surface area (Å²) in [6.45, 7) is 7.75. The average Bonchev–Trinajstić information content (AvgIpc) is 2.24. The second-order valence-corrected chi connectivity index (χ2v) is 4.52. The third-order valence-corrected chi connectivity index (χ3v) is 2.72. The van der Waals surface area contributed by atoms with Crippen molar-refractivity contribution >= 4 is 11.6 Å². The Morgan fingerprint density at radius 3 is 2.56 bits per heavy atom. The van der Waals surface area contributed by atoms with Gasteiger partial charge < -0.3 is 10.1 Å². The van der Waals surface area contributed by atoms with Crippen molar-refractivity contribution in [2.24, 2.45) is 0 Å². The van der Waals surface area contributed by atoms with Crippen molar-refractivity contribution in [1.82, 2.24) is 5.32 Å². The molecule has 16 heavy (non-hydrogen) atoms. The number of rotatable bonds is 6. The van der Waals surface area contributed by atoms with E-state index in [4.69, 9.17) is 16.3 Å². The van der Waals surface area contributed by atoms with Gasteiger partial charge in [-0.2, -0.15) is 0 Å². The Morgan fingerprint density at radius 1 is 1.25 bits per heavy atom. The molecule has 0 aromatic heterocycles. The predicted octanol–water partition coefficient (Wildman–Crippen LogP) is 3.42. The zero-order valence-corrected chi connectivity index (χ0v) is 10.9. The highest BCUT2D eigenvalue weighted by atomic mass is 35.5. The normalized spacial score (nSPS) is 13.1. The first-order chi connectivity index (χ1) is 7.61. The molecule has 1 aromatic rings. The van der Waals surface area contributed by atoms with Gasteiger partial charge in [-0.25, -0.2) is 0 Å². The number of ether oxygens (including phenoxy) is 1. The van der Waals surface area contributed by atoms with E-state index in [1.807, 2.05) is 38.1 Å². The minimum Gasteiger partial charge on any atom is -0.377 e. The second kappa shape index (κ2) is 6.89. The van der Waals surface area contributed by atoms with E-state index in [9.17, 15) is 0 Å². The van der Waals surface area contributed by atoms with Gasteiger partial charge in [0.1, 0.15) is 0 Å². The Balaban J connectivity index is 2.35. The lowest BCUT2D eigenvalue weighted by atomic mass is 10.1. The van der Waals surface area contributed by atoms with Gasteiger partial charge in [0, 0.05) is 17.6 Å². The van der Waals surface area contributed by atoms with Crippen molar-refractivity contribution in [1.29, 1.82) is 0 Å². The van der Waals surface area contributed by atoms with Crippen LogP contribution in [0.2, 0.25) is 5.02 Å². The van der Waals surface area contributed by atoms with Crippen LogP contribution in [0.1, 0.15) is 32.4 Å². The van der Waals surface area contributed by atoms with Crippen LogP contribution in [0, 0.1) is 0 Å². The first-order valence-corrected chi connectivity index (χ1v) is 6.08. The lowest BCUT2D eigenvalue weighted by Crippen LogP contribution is -2.24. The minimum absolute atomic E-state index is 0.254. The van der Waals surface area contributed by atoms with Gasteiger partial charge in [-0.3, -0.25) is 0 Å². The molecule has 1 rings (SSSR count). The molecule has 1 atom stereocenters. The molecule has 0 bridgehead atoms. The molecule has 3 heteroatoms. The van der Waals surface area contributed by atoms with E-state index >= 15 is 0 Å². The summed E-state index contributed by atoms with van der Waals surface area (Å²) >= 11 is 6.11. The SMILES string of the molecule is CC(C)OCCN[C@@H](C)c1ccccc1Cl. The molecule has 1 aromatic carbocycles. The topological polar surface area (TPSA) is 21.3 Å². The van der Waals surface area contributed by atoms with E-state index in [2.05, 4.69) is 12.2 Å². The first kappa shape index (κ1) is 13.5. The molecule has 90 valence electrons. The average molecular weight is 242 g/mol.